The van der Waals surface area contributed by atoms with Crippen molar-refractivity contribution in [3.63, 3.8) is 0 Å². The van der Waals surface area contributed by atoms with Gasteiger partial charge in [-0.2, -0.15) is 0 Å². The van der Waals surface area contributed by atoms with Gasteiger partial charge in [0.15, 0.2) is 0 Å². The van der Waals surface area contributed by atoms with Gasteiger partial charge in [0.2, 0.25) is 0 Å². The Morgan fingerprint density at radius 2 is 2.00 bits per heavy atom. The number of aromatic nitrogens is 3. The summed E-state index contributed by atoms with van der Waals surface area (Å²) in [7, 11) is 0. The lowest BCUT2D eigenvalue weighted by atomic mass is 10.0. The largest absolute Gasteiger partial charge is 0.367 e. The van der Waals surface area contributed by atoms with Crippen LogP contribution in [0.25, 0.3) is 27.1 Å². The van der Waals surface area contributed by atoms with E-state index < -0.39 is 0 Å². The molecule has 1 aromatic carbocycles. The normalized spacial score (nSPS) is 16.6. The maximum atomic E-state index is 12.9. The Labute approximate surface area is 172 Å². The van der Waals surface area contributed by atoms with E-state index >= 15 is 0 Å². The summed E-state index contributed by atoms with van der Waals surface area (Å²) in [4.78, 5) is 24.5. The zero-order chi connectivity index (χ0) is 20.2. The van der Waals surface area contributed by atoms with Gasteiger partial charge in [0, 0.05) is 43.0 Å². The number of hydrogen-bond donors (Lipinski definition) is 1. The minimum absolute atomic E-state index is 0.0495. The van der Waals surface area contributed by atoms with E-state index in [9.17, 15) is 4.79 Å². The van der Waals surface area contributed by atoms with Crippen molar-refractivity contribution in [3.8, 4) is 11.3 Å². The minimum atomic E-state index is -0.0678. The summed E-state index contributed by atoms with van der Waals surface area (Å²) in [5, 5.41) is 4.55. The lowest BCUT2D eigenvalue weighted by molar-refractivity contribution is 0.353. The zero-order valence-electron chi connectivity index (χ0n) is 16.8. The van der Waals surface area contributed by atoms with Gasteiger partial charge in [-0.25, -0.2) is 9.97 Å². The molecule has 1 saturated heterocycles. The van der Waals surface area contributed by atoms with Gasteiger partial charge in [-0.05, 0) is 45.0 Å². The summed E-state index contributed by atoms with van der Waals surface area (Å²) < 4.78 is 2.75. The van der Waals surface area contributed by atoms with E-state index in [4.69, 9.17) is 4.98 Å². The Morgan fingerprint density at radius 3 is 2.83 bits per heavy atom. The molecular weight excluding hydrogens is 382 g/mol. The second kappa shape index (κ2) is 6.64. The van der Waals surface area contributed by atoms with Crippen LogP contribution in [-0.4, -0.2) is 39.5 Å². The van der Waals surface area contributed by atoms with Gasteiger partial charge in [-0.1, -0.05) is 6.07 Å². The summed E-state index contributed by atoms with van der Waals surface area (Å²) in [5.41, 5.74) is 4.30. The van der Waals surface area contributed by atoms with Crippen molar-refractivity contribution in [1.29, 1.82) is 0 Å². The number of benzene rings is 1. The van der Waals surface area contributed by atoms with E-state index in [1.807, 2.05) is 31.3 Å². The van der Waals surface area contributed by atoms with Crippen LogP contribution in [0, 0.1) is 6.92 Å². The first kappa shape index (κ1) is 18.3. The third-order valence-corrected chi connectivity index (χ3v) is 6.31. The number of pyridine rings is 1. The first-order valence-corrected chi connectivity index (χ1v) is 10.6. The van der Waals surface area contributed by atoms with Crippen molar-refractivity contribution in [2.45, 2.75) is 26.3 Å². The highest BCUT2D eigenvalue weighted by Gasteiger charge is 2.26. The number of rotatable bonds is 2. The number of aryl methyl sites for hydroxylation is 1. The average molecular weight is 406 g/mol. The molecule has 148 valence electrons. The van der Waals surface area contributed by atoms with E-state index in [0.29, 0.717) is 11.3 Å². The van der Waals surface area contributed by atoms with E-state index in [0.717, 1.165) is 46.1 Å². The predicted octanol–water partition coefficient (Wildman–Crippen LogP) is 3.47. The van der Waals surface area contributed by atoms with Crippen molar-refractivity contribution in [1.82, 2.24) is 19.7 Å². The minimum Gasteiger partial charge on any atom is -0.367 e. The second-order valence-corrected chi connectivity index (χ2v) is 9.48. The molecule has 0 saturated carbocycles. The highest BCUT2D eigenvalue weighted by atomic mass is 32.1. The molecule has 0 atom stereocenters. The molecule has 0 amide bonds. The summed E-state index contributed by atoms with van der Waals surface area (Å²) in [6.07, 6.45) is 1.91. The fourth-order valence-electron chi connectivity index (χ4n) is 3.99. The molecule has 1 N–H and O–H groups in total. The Balaban J connectivity index is 1.55. The number of nitrogens with zero attached hydrogens (tertiary/aromatic N) is 4. The molecule has 4 aromatic rings. The molecule has 0 radical (unpaired) electrons. The molecule has 1 fully saturated rings. The summed E-state index contributed by atoms with van der Waals surface area (Å²) in [6, 6.07) is 11.7. The van der Waals surface area contributed by atoms with Crippen molar-refractivity contribution in [3.05, 3.63) is 58.0 Å². The molecule has 0 aliphatic carbocycles. The molecular formula is C22H23N5OS. The van der Waals surface area contributed by atoms with Crippen molar-refractivity contribution >= 4 is 32.9 Å². The lowest BCUT2D eigenvalue weighted by Crippen LogP contribution is -2.57. The van der Waals surface area contributed by atoms with Crippen LogP contribution in [0.3, 0.4) is 0 Å². The molecule has 5 rings (SSSR count). The number of thiazole rings is 1. The van der Waals surface area contributed by atoms with Gasteiger partial charge in [-0.15, -0.1) is 11.3 Å². The molecule has 1 aliphatic rings. The second-order valence-electron chi connectivity index (χ2n) is 8.24. The van der Waals surface area contributed by atoms with Crippen LogP contribution in [0.5, 0.6) is 0 Å². The van der Waals surface area contributed by atoms with Gasteiger partial charge in [0.25, 0.3) is 5.56 Å². The maximum Gasteiger partial charge on any atom is 0.258 e. The monoisotopic (exact) mass is 405 g/mol. The first-order valence-electron chi connectivity index (χ1n) is 9.79. The quantitative estimate of drug-likeness (QED) is 0.553. The SMILES string of the molecule is Cc1nc2ccc(-c3cc(=O)n4cc(N5CCNC(C)(C)C5)ccc4n3)cc2s1. The predicted molar refractivity (Wildman–Crippen MR) is 119 cm³/mol. The van der Waals surface area contributed by atoms with E-state index in [-0.39, 0.29) is 11.1 Å². The Hall–Kier alpha value is -2.77. The third-order valence-electron chi connectivity index (χ3n) is 5.37. The Kier molecular flexibility index (Phi) is 4.18. The first-order chi connectivity index (χ1) is 13.9. The van der Waals surface area contributed by atoms with Crippen molar-refractivity contribution < 1.29 is 0 Å². The average Bonchev–Trinajstić information content (AvgIpc) is 3.06. The zero-order valence-corrected chi connectivity index (χ0v) is 17.6. The van der Waals surface area contributed by atoms with Gasteiger partial charge < -0.3 is 10.2 Å². The molecule has 4 heterocycles. The van der Waals surface area contributed by atoms with Crippen molar-refractivity contribution in [2.24, 2.45) is 0 Å². The number of hydrogen-bond acceptors (Lipinski definition) is 6. The molecule has 0 spiro atoms. The van der Waals surface area contributed by atoms with Gasteiger partial charge in [-0.3, -0.25) is 9.20 Å². The fraction of sp³-hybridized carbons (Fsp3) is 0.318. The molecule has 6 nitrogen and oxygen atoms in total. The van der Waals surface area contributed by atoms with E-state index in [2.05, 4.69) is 41.2 Å². The fourth-order valence-corrected chi connectivity index (χ4v) is 4.85. The van der Waals surface area contributed by atoms with Crippen LogP contribution in [-0.2, 0) is 0 Å². The Morgan fingerprint density at radius 1 is 1.14 bits per heavy atom. The number of piperazine rings is 1. The van der Waals surface area contributed by atoms with E-state index in [1.54, 1.807) is 21.8 Å². The van der Waals surface area contributed by atoms with Crippen molar-refractivity contribution in [2.75, 3.05) is 24.5 Å². The molecule has 1 aliphatic heterocycles. The molecule has 3 aromatic heterocycles. The highest BCUT2D eigenvalue weighted by Crippen LogP contribution is 2.27. The summed E-state index contributed by atoms with van der Waals surface area (Å²) >= 11 is 1.65. The third kappa shape index (κ3) is 3.41. The summed E-state index contributed by atoms with van der Waals surface area (Å²) in [5.74, 6) is 0. The molecule has 29 heavy (non-hydrogen) atoms. The van der Waals surface area contributed by atoms with Crippen LogP contribution in [0.1, 0.15) is 18.9 Å². The molecule has 7 heteroatoms. The highest BCUT2D eigenvalue weighted by molar-refractivity contribution is 7.18. The molecule has 0 bridgehead atoms. The van der Waals surface area contributed by atoms with Crippen LogP contribution >= 0.6 is 11.3 Å². The van der Waals surface area contributed by atoms with Crippen LogP contribution in [0.15, 0.2) is 47.4 Å². The van der Waals surface area contributed by atoms with Crippen LogP contribution in [0.2, 0.25) is 0 Å². The topological polar surface area (TPSA) is 62.5 Å². The molecule has 0 unspecified atom stereocenters. The van der Waals surface area contributed by atoms with E-state index in [1.165, 1.54) is 0 Å². The van der Waals surface area contributed by atoms with Crippen LogP contribution in [0.4, 0.5) is 5.69 Å². The van der Waals surface area contributed by atoms with Gasteiger partial charge in [0.1, 0.15) is 5.65 Å². The number of anilines is 1. The standard InChI is InChI=1S/C22H23N5OS/c1-14-24-17-6-4-15(10-19(17)29-14)18-11-21(28)27-12-16(5-7-20(27)25-18)26-9-8-23-22(2,3)13-26/h4-7,10-12,23H,8-9,13H2,1-3H3. The van der Waals surface area contributed by atoms with Crippen LogP contribution < -0.4 is 15.8 Å². The lowest BCUT2D eigenvalue weighted by Gasteiger charge is -2.40. The smallest absolute Gasteiger partial charge is 0.258 e. The number of fused-ring (bicyclic) bond motifs is 2. The van der Waals surface area contributed by atoms with Gasteiger partial charge in [0.05, 0.1) is 26.6 Å². The Bertz CT molecular complexity index is 1290. The summed E-state index contributed by atoms with van der Waals surface area (Å²) in [6.45, 7) is 9.14. The van der Waals surface area contributed by atoms with Gasteiger partial charge >= 0.3 is 0 Å². The number of nitrogens with one attached hydrogen (secondary N) is 1. The maximum absolute atomic E-state index is 12.9.